The van der Waals surface area contributed by atoms with E-state index in [1.54, 1.807) is 18.5 Å². The van der Waals surface area contributed by atoms with E-state index in [-0.39, 0.29) is 0 Å². The molecule has 1 aromatic heterocycles. The Morgan fingerprint density at radius 2 is 2.23 bits per heavy atom. The number of aromatic nitrogens is 2. The smallest absolute Gasteiger partial charge is 0.371 e. The fourth-order valence-corrected chi connectivity index (χ4v) is 1.45. The predicted molar refractivity (Wildman–Crippen MR) is 46.7 cm³/mol. The fraction of sp³-hybridized carbons (Fsp3) is 0.500. The number of nitrogens with zero attached hydrogens (tertiary/aromatic N) is 3. The predicted octanol–water partition coefficient (Wildman–Crippen LogP) is -0.984. The molecule has 1 aliphatic rings. The molecule has 0 atom stereocenters. The second-order valence-corrected chi connectivity index (χ2v) is 3.00. The van der Waals surface area contributed by atoms with E-state index in [0.29, 0.717) is 5.95 Å². The molecule has 0 radical (unpaired) electrons. The second-order valence-electron chi connectivity index (χ2n) is 3.00. The Morgan fingerprint density at radius 3 is 2.92 bits per heavy atom. The number of piperazine rings is 1. The summed E-state index contributed by atoms with van der Waals surface area (Å²) in [5.74, 6) is 0.615. The van der Waals surface area contributed by atoms with Crippen LogP contribution >= 0.6 is 0 Å². The zero-order valence-electron chi connectivity index (χ0n) is 7.35. The van der Waals surface area contributed by atoms with Gasteiger partial charge in [-0.25, -0.2) is 0 Å². The third-order valence-electron chi connectivity index (χ3n) is 2.11. The van der Waals surface area contributed by atoms with Gasteiger partial charge in [0.1, 0.15) is 12.4 Å². The van der Waals surface area contributed by atoms with Crippen LogP contribution in [-0.2, 0) is 0 Å². The van der Waals surface area contributed by atoms with Crippen molar-refractivity contribution in [3.05, 3.63) is 18.5 Å². The van der Waals surface area contributed by atoms with E-state index in [9.17, 15) is 5.21 Å². The van der Waals surface area contributed by atoms with Crippen LogP contribution in [0.15, 0.2) is 18.5 Å². The molecule has 0 aliphatic carbocycles. The van der Waals surface area contributed by atoms with Gasteiger partial charge in [0.15, 0.2) is 0 Å². The standard InChI is InChI=1S/C8H13N4O/c13-12-5-1-2-10-8(12)11-6-3-9-4-7-11/h1-2,5,9,13H,3-4,6-7H2/q+1. The Morgan fingerprint density at radius 1 is 1.46 bits per heavy atom. The van der Waals surface area contributed by atoms with Gasteiger partial charge in [-0.1, -0.05) is 9.71 Å². The van der Waals surface area contributed by atoms with Crippen LogP contribution in [-0.4, -0.2) is 36.4 Å². The Bertz CT molecular complexity index is 285. The molecule has 0 spiro atoms. The lowest BCUT2D eigenvalue weighted by Crippen LogP contribution is -2.49. The molecule has 1 fully saturated rings. The molecule has 0 saturated carbocycles. The van der Waals surface area contributed by atoms with E-state index in [2.05, 4.69) is 15.2 Å². The summed E-state index contributed by atoms with van der Waals surface area (Å²) in [6.45, 7) is 3.66. The van der Waals surface area contributed by atoms with Gasteiger partial charge in [0.2, 0.25) is 0 Å². The van der Waals surface area contributed by atoms with E-state index in [4.69, 9.17) is 0 Å². The highest BCUT2D eigenvalue weighted by molar-refractivity contribution is 5.23. The summed E-state index contributed by atoms with van der Waals surface area (Å²) in [5.41, 5.74) is 0. The third kappa shape index (κ3) is 1.70. The zero-order chi connectivity index (χ0) is 9.10. The van der Waals surface area contributed by atoms with Crippen molar-refractivity contribution in [1.82, 2.24) is 10.3 Å². The highest BCUT2D eigenvalue weighted by Gasteiger charge is 2.22. The molecule has 0 aromatic carbocycles. The SMILES string of the molecule is O[n+]1cccnc1N1CCNCC1. The third-order valence-corrected chi connectivity index (χ3v) is 2.11. The molecule has 1 saturated heterocycles. The first-order valence-corrected chi connectivity index (χ1v) is 4.39. The lowest BCUT2D eigenvalue weighted by atomic mass is 10.4. The van der Waals surface area contributed by atoms with Crippen molar-refractivity contribution in [2.75, 3.05) is 31.1 Å². The van der Waals surface area contributed by atoms with Crippen molar-refractivity contribution in [2.24, 2.45) is 0 Å². The Kier molecular flexibility index (Phi) is 2.27. The average molecular weight is 181 g/mol. The number of hydrogen-bond acceptors (Lipinski definition) is 4. The average Bonchev–Trinajstić information content (AvgIpc) is 2.20. The van der Waals surface area contributed by atoms with E-state index in [1.807, 2.05) is 0 Å². The maximum absolute atomic E-state index is 9.45. The molecular weight excluding hydrogens is 168 g/mol. The molecule has 1 aliphatic heterocycles. The van der Waals surface area contributed by atoms with Gasteiger partial charge in [-0.2, -0.15) is 0 Å². The monoisotopic (exact) mass is 181 g/mol. The van der Waals surface area contributed by atoms with Crippen LogP contribution in [0.4, 0.5) is 5.95 Å². The number of nitrogens with one attached hydrogen (secondary N) is 1. The highest BCUT2D eigenvalue weighted by atomic mass is 16.5. The minimum atomic E-state index is 0.615. The Balaban J connectivity index is 2.18. The van der Waals surface area contributed by atoms with E-state index in [1.165, 1.54) is 0 Å². The summed E-state index contributed by atoms with van der Waals surface area (Å²) in [6.07, 6.45) is 3.27. The zero-order valence-corrected chi connectivity index (χ0v) is 7.35. The van der Waals surface area contributed by atoms with Gasteiger partial charge in [0, 0.05) is 19.2 Å². The molecule has 0 bridgehead atoms. The molecule has 2 rings (SSSR count). The van der Waals surface area contributed by atoms with Gasteiger partial charge in [0.25, 0.3) is 0 Å². The molecule has 2 N–H and O–H groups in total. The normalized spacial score (nSPS) is 17.4. The first-order valence-electron chi connectivity index (χ1n) is 4.39. The molecular formula is C8H13N4O+. The van der Waals surface area contributed by atoms with Gasteiger partial charge >= 0.3 is 5.95 Å². The molecule has 70 valence electrons. The van der Waals surface area contributed by atoms with Crippen molar-refractivity contribution in [3.63, 3.8) is 0 Å². The van der Waals surface area contributed by atoms with Crippen molar-refractivity contribution in [3.8, 4) is 0 Å². The lowest BCUT2D eigenvalue weighted by molar-refractivity contribution is -0.896. The Labute approximate surface area is 76.6 Å². The first kappa shape index (κ1) is 8.25. The molecule has 5 heteroatoms. The summed E-state index contributed by atoms with van der Waals surface area (Å²) in [6, 6.07) is 1.70. The van der Waals surface area contributed by atoms with E-state index < -0.39 is 0 Å². The van der Waals surface area contributed by atoms with Crippen LogP contribution in [0, 0.1) is 0 Å². The minimum Gasteiger partial charge on any atom is -0.371 e. The number of anilines is 1. The largest absolute Gasteiger partial charge is 0.430 e. The van der Waals surface area contributed by atoms with Crippen LogP contribution in [0.1, 0.15) is 0 Å². The summed E-state index contributed by atoms with van der Waals surface area (Å²) in [4.78, 5) is 6.17. The molecule has 0 unspecified atom stereocenters. The van der Waals surface area contributed by atoms with Gasteiger partial charge in [-0.15, -0.1) is 0 Å². The second kappa shape index (κ2) is 3.57. The topological polar surface area (TPSA) is 52.3 Å². The maximum Gasteiger partial charge on any atom is 0.430 e. The lowest BCUT2D eigenvalue weighted by Gasteiger charge is -2.21. The van der Waals surface area contributed by atoms with Crippen molar-refractivity contribution >= 4 is 5.95 Å². The quantitative estimate of drug-likeness (QED) is 0.432. The molecule has 2 heterocycles. The summed E-state index contributed by atoms with van der Waals surface area (Å²) >= 11 is 0. The highest BCUT2D eigenvalue weighted by Crippen LogP contribution is 2.02. The van der Waals surface area contributed by atoms with Crippen LogP contribution < -0.4 is 14.9 Å². The van der Waals surface area contributed by atoms with Crippen LogP contribution in [0.5, 0.6) is 0 Å². The molecule has 0 amide bonds. The summed E-state index contributed by atoms with van der Waals surface area (Å²) in [5, 5.41) is 12.7. The van der Waals surface area contributed by atoms with Gasteiger partial charge in [-0.3, -0.25) is 4.90 Å². The van der Waals surface area contributed by atoms with Crippen molar-refractivity contribution in [1.29, 1.82) is 0 Å². The van der Waals surface area contributed by atoms with Crippen LogP contribution in [0.3, 0.4) is 0 Å². The molecule has 1 aromatic rings. The maximum atomic E-state index is 9.45. The number of rotatable bonds is 1. The fourth-order valence-electron chi connectivity index (χ4n) is 1.45. The summed E-state index contributed by atoms with van der Waals surface area (Å²) in [7, 11) is 0. The van der Waals surface area contributed by atoms with Gasteiger partial charge < -0.3 is 10.5 Å². The van der Waals surface area contributed by atoms with Gasteiger partial charge in [-0.05, 0) is 0 Å². The van der Waals surface area contributed by atoms with Gasteiger partial charge in [0.05, 0.1) is 13.1 Å². The Hall–Kier alpha value is -1.36. The summed E-state index contributed by atoms with van der Waals surface area (Å²) < 4.78 is 1.06. The van der Waals surface area contributed by atoms with Crippen molar-refractivity contribution < 1.29 is 9.94 Å². The molecule has 5 nitrogen and oxygen atoms in total. The first-order chi connectivity index (χ1) is 6.38. The van der Waals surface area contributed by atoms with Crippen molar-refractivity contribution in [2.45, 2.75) is 0 Å². The van der Waals surface area contributed by atoms with Crippen LogP contribution in [0.2, 0.25) is 0 Å². The van der Waals surface area contributed by atoms with E-state index in [0.717, 1.165) is 30.9 Å². The molecule has 13 heavy (non-hydrogen) atoms. The van der Waals surface area contributed by atoms with Crippen LogP contribution in [0.25, 0.3) is 0 Å². The van der Waals surface area contributed by atoms with E-state index >= 15 is 0 Å². The minimum absolute atomic E-state index is 0.615. The number of hydrogen-bond donors (Lipinski definition) is 2.